The van der Waals surface area contributed by atoms with Crippen molar-refractivity contribution in [3.8, 4) is 0 Å². The van der Waals surface area contributed by atoms with Gasteiger partial charge in [0.05, 0.1) is 27.9 Å². The number of fused-ring (bicyclic) bond motifs is 1. The number of piperidine rings is 1. The van der Waals surface area contributed by atoms with Gasteiger partial charge in [-0.15, -0.1) is 22.7 Å². The zero-order valence-corrected chi connectivity index (χ0v) is 19.4. The fourth-order valence-electron chi connectivity index (χ4n) is 4.65. The van der Waals surface area contributed by atoms with Gasteiger partial charge in [0.1, 0.15) is 0 Å². The van der Waals surface area contributed by atoms with Crippen molar-refractivity contribution in [1.82, 2.24) is 14.8 Å². The molecular weight excluding hydrogens is 426 g/mol. The van der Waals surface area contributed by atoms with Crippen molar-refractivity contribution in [2.24, 2.45) is 0 Å². The highest BCUT2D eigenvalue weighted by molar-refractivity contribution is 7.18. The van der Waals surface area contributed by atoms with Crippen molar-refractivity contribution >= 4 is 38.8 Å². The summed E-state index contributed by atoms with van der Waals surface area (Å²) in [6, 6.07) is 12.6. The number of carbonyl (C=O) groups is 1. The molecule has 1 amide bonds. The van der Waals surface area contributed by atoms with Crippen LogP contribution in [0.2, 0.25) is 0 Å². The van der Waals surface area contributed by atoms with Crippen LogP contribution < -0.4 is 0 Å². The molecule has 0 aliphatic carbocycles. The zero-order valence-electron chi connectivity index (χ0n) is 17.7. The minimum atomic E-state index is 0.236. The first-order chi connectivity index (χ1) is 15.2. The second-order valence-electron chi connectivity index (χ2n) is 8.58. The van der Waals surface area contributed by atoms with Gasteiger partial charge in [-0.05, 0) is 49.3 Å². The largest absolute Gasteiger partial charge is 0.377 e. The molecule has 0 radical (unpaired) electrons. The van der Waals surface area contributed by atoms with Gasteiger partial charge in [0.15, 0.2) is 0 Å². The third kappa shape index (κ3) is 5.17. The quantitative estimate of drug-likeness (QED) is 0.516. The van der Waals surface area contributed by atoms with E-state index < -0.39 is 0 Å². The lowest BCUT2D eigenvalue weighted by Crippen LogP contribution is -2.45. The number of carbonyl (C=O) groups excluding carboxylic acids is 1. The molecule has 164 valence electrons. The summed E-state index contributed by atoms with van der Waals surface area (Å²) in [7, 11) is 0. The van der Waals surface area contributed by atoms with E-state index in [1.165, 1.54) is 14.6 Å². The van der Waals surface area contributed by atoms with Crippen molar-refractivity contribution < 1.29 is 9.53 Å². The Morgan fingerprint density at radius 3 is 2.94 bits per heavy atom. The summed E-state index contributed by atoms with van der Waals surface area (Å²) in [4.78, 5) is 23.8. The van der Waals surface area contributed by atoms with Gasteiger partial charge in [0.2, 0.25) is 5.91 Å². The van der Waals surface area contributed by atoms with Crippen LogP contribution in [0.3, 0.4) is 0 Å². The molecule has 31 heavy (non-hydrogen) atoms. The topological polar surface area (TPSA) is 45.7 Å². The molecule has 4 heterocycles. The van der Waals surface area contributed by atoms with Crippen LogP contribution in [0.25, 0.3) is 10.2 Å². The van der Waals surface area contributed by atoms with E-state index in [0.29, 0.717) is 12.5 Å². The predicted octanol–water partition coefficient (Wildman–Crippen LogP) is 4.75. The van der Waals surface area contributed by atoms with E-state index in [0.717, 1.165) is 64.0 Å². The fraction of sp³-hybridized carbons (Fsp3) is 0.500. The van der Waals surface area contributed by atoms with E-state index in [1.807, 2.05) is 6.07 Å². The molecule has 0 spiro atoms. The summed E-state index contributed by atoms with van der Waals surface area (Å²) in [5, 5.41) is 3.28. The molecule has 2 aromatic heterocycles. The molecule has 2 aliphatic heterocycles. The number of hydrogen-bond donors (Lipinski definition) is 0. The minimum Gasteiger partial charge on any atom is -0.377 e. The third-order valence-corrected chi connectivity index (χ3v) is 8.30. The number of rotatable bonds is 7. The molecule has 2 fully saturated rings. The Morgan fingerprint density at radius 1 is 1.19 bits per heavy atom. The molecule has 0 unspecified atom stereocenters. The van der Waals surface area contributed by atoms with E-state index in [4.69, 9.17) is 9.72 Å². The standard InChI is InChI=1S/C24H29N3O2S2/c28-23(17-26(15-19-7-4-12-29-19)16-20-8-5-13-30-20)27-11-3-6-18(14-27)24-25-21-9-1-2-10-22(21)31-24/h1-2,5,8-10,13,18-19H,3-4,6-7,11-12,14-17H2/t18-,19+/m0/s1. The number of thiazole rings is 1. The van der Waals surface area contributed by atoms with Gasteiger partial charge in [0.25, 0.3) is 0 Å². The maximum atomic E-state index is 13.3. The smallest absolute Gasteiger partial charge is 0.236 e. The molecule has 5 nitrogen and oxygen atoms in total. The van der Waals surface area contributed by atoms with E-state index in [2.05, 4.69) is 45.5 Å². The molecule has 2 saturated heterocycles. The molecule has 3 aromatic rings. The van der Waals surface area contributed by atoms with E-state index in [1.54, 1.807) is 22.7 Å². The van der Waals surface area contributed by atoms with Crippen LogP contribution in [0.4, 0.5) is 0 Å². The van der Waals surface area contributed by atoms with Gasteiger partial charge in [-0.1, -0.05) is 18.2 Å². The number of amides is 1. The van der Waals surface area contributed by atoms with Gasteiger partial charge in [-0.25, -0.2) is 4.98 Å². The molecule has 1 aromatic carbocycles. The predicted molar refractivity (Wildman–Crippen MR) is 127 cm³/mol. The second kappa shape index (κ2) is 9.77. The lowest BCUT2D eigenvalue weighted by Gasteiger charge is -2.34. The molecule has 5 rings (SSSR count). The summed E-state index contributed by atoms with van der Waals surface area (Å²) < 4.78 is 7.10. The van der Waals surface area contributed by atoms with Crippen LogP contribution in [0, 0.1) is 0 Å². The van der Waals surface area contributed by atoms with Crippen molar-refractivity contribution in [2.75, 3.05) is 32.8 Å². The normalized spacial score (nSPS) is 21.9. The maximum Gasteiger partial charge on any atom is 0.236 e. The molecule has 0 saturated carbocycles. The van der Waals surface area contributed by atoms with Crippen LogP contribution in [-0.2, 0) is 16.1 Å². The van der Waals surface area contributed by atoms with Crippen molar-refractivity contribution in [3.05, 3.63) is 51.7 Å². The van der Waals surface area contributed by atoms with Crippen molar-refractivity contribution in [2.45, 2.75) is 44.2 Å². The average Bonchev–Trinajstić information content (AvgIpc) is 3.55. The van der Waals surface area contributed by atoms with E-state index in [-0.39, 0.29) is 12.0 Å². The summed E-state index contributed by atoms with van der Waals surface area (Å²) in [6.07, 6.45) is 4.63. The van der Waals surface area contributed by atoms with Crippen LogP contribution in [0.1, 0.15) is 41.5 Å². The Balaban J connectivity index is 1.24. The number of ether oxygens (including phenoxy) is 1. The molecular formula is C24H29N3O2S2. The second-order valence-corrected chi connectivity index (χ2v) is 10.7. The minimum absolute atomic E-state index is 0.236. The summed E-state index contributed by atoms with van der Waals surface area (Å²) in [5.41, 5.74) is 1.07. The van der Waals surface area contributed by atoms with Gasteiger partial charge in [-0.2, -0.15) is 0 Å². The van der Waals surface area contributed by atoms with Crippen LogP contribution >= 0.6 is 22.7 Å². The number of aromatic nitrogens is 1. The number of thiophene rings is 1. The van der Waals surface area contributed by atoms with Gasteiger partial charge in [0, 0.05) is 43.6 Å². The molecule has 7 heteroatoms. The fourth-order valence-corrected chi connectivity index (χ4v) is 6.48. The lowest BCUT2D eigenvalue weighted by atomic mass is 9.98. The highest BCUT2D eigenvalue weighted by atomic mass is 32.1. The number of para-hydroxylation sites is 1. The third-order valence-electron chi connectivity index (χ3n) is 6.24. The zero-order chi connectivity index (χ0) is 21.0. The highest BCUT2D eigenvalue weighted by Crippen LogP contribution is 2.33. The summed E-state index contributed by atoms with van der Waals surface area (Å²) in [5.74, 6) is 0.583. The first-order valence-corrected chi connectivity index (χ1v) is 12.9. The average molecular weight is 456 g/mol. The number of nitrogens with zero attached hydrogens (tertiary/aromatic N) is 3. The Labute approximate surface area is 191 Å². The number of hydrogen-bond acceptors (Lipinski definition) is 6. The SMILES string of the molecule is O=C(CN(Cc1cccs1)C[C@H]1CCCO1)N1CCC[C@H](c2nc3ccccc3s2)C1. The molecule has 2 atom stereocenters. The van der Waals surface area contributed by atoms with Gasteiger partial charge < -0.3 is 9.64 Å². The maximum absolute atomic E-state index is 13.3. The first-order valence-electron chi connectivity index (χ1n) is 11.2. The Kier molecular flexibility index (Phi) is 6.64. The molecule has 0 bridgehead atoms. The monoisotopic (exact) mass is 455 g/mol. The lowest BCUT2D eigenvalue weighted by molar-refractivity contribution is -0.134. The van der Waals surface area contributed by atoms with Crippen LogP contribution in [0.5, 0.6) is 0 Å². The molecule has 2 aliphatic rings. The van der Waals surface area contributed by atoms with Crippen molar-refractivity contribution in [3.63, 3.8) is 0 Å². The van der Waals surface area contributed by atoms with Gasteiger partial charge >= 0.3 is 0 Å². The highest BCUT2D eigenvalue weighted by Gasteiger charge is 2.29. The van der Waals surface area contributed by atoms with Crippen LogP contribution in [-0.4, -0.2) is 59.6 Å². The number of benzene rings is 1. The first kappa shape index (κ1) is 21.1. The van der Waals surface area contributed by atoms with E-state index >= 15 is 0 Å². The van der Waals surface area contributed by atoms with E-state index in [9.17, 15) is 4.79 Å². The molecule has 0 N–H and O–H groups in total. The summed E-state index contributed by atoms with van der Waals surface area (Å²) in [6.45, 7) is 4.60. The Bertz CT molecular complexity index is 964. The summed E-state index contributed by atoms with van der Waals surface area (Å²) >= 11 is 3.54. The van der Waals surface area contributed by atoms with Crippen molar-refractivity contribution in [1.29, 1.82) is 0 Å². The number of likely N-dealkylation sites (tertiary alicyclic amines) is 1. The Hall–Kier alpha value is -1.80. The van der Waals surface area contributed by atoms with Gasteiger partial charge in [-0.3, -0.25) is 9.69 Å². The Morgan fingerprint density at radius 2 is 2.13 bits per heavy atom. The van der Waals surface area contributed by atoms with Crippen LogP contribution in [0.15, 0.2) is 41.8 Å².